The van der Waals surface area contributed by atoms with E-state index in [1.165, 1.54) is 5.57 Å². The van der Waals surface area contributed by atoms with Crippen molar-refractivity contribution in [3.8, 4) is 0 Å². The molecule has 0 amide bonds. The van der Waals surface area contributed by atoms with Gasteiger partial charge in [-0.25, -0.2) is 13.1 Å². The molecule has 2 aromatic carbocycles. The van der Waals surface area contributed by atoms with Crippen LogP contribution in [0.2, 0.25) is 0 Å². The number of rotatable bonds is 12. The molecule has 8 nitrogen and oxygen atoms in total. The fourth-order valence-corrected chi connectivity index (χ4v) is 15.2. The quantitative estimate of drug-likeness (QED) is 0.168. The Hall–Kier alpha value is -2.56. The summed E-state index contributed by atoms with van der Waals surface area (Å²) in [6.45, 7) is 28.4. The van der Waals surface area contributed by atoms with Crippen LogP contribution in [-0.2, 0) is 40.4 Å². The van der Waals surface area contributed by atoms with Crippen LogP contribution in [0.1, 0.15) is 126 Å². The van der Waals surface area contributed by atoms with Crippen molar-refractivity contribution in [1.82, 2.24) is 4.72 Å². The molecule has 2 bridgehead atoms. The van der Waals surface area contributed by atoms with Gasteiger partial charge in [0.1, 0.15) is 6.61 Å². The molecular weight excluding hydrogens is 783 g/mol. The lowest BCUT2D eigenvalue weighted by molar-refractivity contribution is -0.270. The maximum atomic E-state index is 14.9. The average molecular weight is 860 g/mol. The highest BCUT2D eigenvalue weighted by Crippen LogP contribution is 2.75. The van der Waals surface area contributed by atoms with Crippen LogP contribution >= 0.6 is 0 Å². The topological polar surface area (TPSA) is 100 Å². The molecule has 0 aromatic heterocycles. The van der Waals surface area contributed by atoms with E-state index in [0.29, 0.717) is 36.9 Å². The van der Waals surface area contributed by atoms with Crippen molar-refractivity contribution in [2.45, 2.75) is 151 Å². The zero-order chi connectivity index (χ0) is 44.6. The molecule has 1 aliphatic heterocycles. The highest BCUT2D eigenvalue weighted by molar-refractivity contribution is 7.89. The molecule has 61 heavy (non-hydrogen) atoms. The molecule has 1 heterocycles. The van der Waals surface area contributed by atoms with Gasteiger partial charge in [-0.2, -0.15) is 0 Å². The summed E-state index contributed by atoms with van der Waals surface area (Å²) < 4.78 is 57.6. The summed E-state index contributed by atoms with van der Waals surface area (Å²) in [5.74, 6) is 1.06. The number of esters is 1. The lowest BCUT2D eigenvalue weighted by Gasteiger charge is -2.71. The standard InChI is InChI=1S/C52H77NO7S/c1-34(2)36(4)47(8)27-28-49(10)39-23-24-42-48(9)31-58-33-52(42,40(39)25-26-50(49,11)43(47)45(54)59-30-37-17-15-14-16-18-37)29-41(57-13)44(48)60-32-51(12,46(5,6)7)53-61(55,56)38-21-19-35(3)20-22-38/h14-22,25,34,36,39,41-44,53H,23-24,26-33H2,1-13H3/t36-,39+,41-,42+,43-,44+,47-,48+,49-,50+,51-,52+/m1/s1. The molecule has 0 unspecified atom stereocenters. The normalized spacial score (nSPS) is 37.7. The molecule has 12 atom stereocenters. The summed E-state index contributed by atoms with van der Waals surface area (Å²) in [4.78, 5) is 15.1. The van der Waals surface area contributed by atoms with Crippen LogP contribution < -0.4 is 4.72 Å². The van der Waals surface area contributed by atoms with Crippen LogP contribution in [0.4, 0.5) is 0 Å². The van der Waals surface area contributed by atoms with Gasteiger partial charge in [-0.05, 0) is 115 Å². The number of nitrogens with one attached hydrogen (secondary N) is 1. The molecule has 0 radical (unpaired) electrons. The predicted octanol–water partition coefficient (Wildman–Crippen LogP) is 10.7. The van der Waals surface area contributed by atoms with E-state index in [1.54, 1.807) is 19.2 Å². The first kappa shape index (κ1) is 46.4. The van der Waals surface area contributed by atoms with Crippen LogP contribution in [-0.4, -0.2) is 59.1 Å². The third-order valence-corrected chi connectivity index (χ3v) is 20.1. The Bertz CT molecular complexity index is 2060. The molecule has 1 saturated heterocycles. The van der Waals surface area contributed by atoms with Gasteiger partial charge in [0.25, 0.3) is 0 Å². The number of ether oxygens (including phenoxy) is 4. The number of benzene rings is 2. The number of carbonyl (C=O) groups excluding carboxylic acids is 1. The number of aryl methyl sites for hydroxylation is 1. The van der Waals surface area contributed by atoms with Crippen molar-refractivity contribution in [2.24, 2.45) is 62.1 Å². The molecule has 338 valence electrons. The lowest BCUT2D eigenvalue weighted by atomic mass is 9.34. The molecular formula is C52H77NO7S. The van der Waals surface area contributed by atoms with E-state index in [0.717, 1.165) is 49.7 Å². The SMILES string of the molecule is CO[C@@H]1C[C@@]23COC[C@@](C)([C@@H]2CC[C@H]2C3=CC[C@@]3(C)[C@H](C(=O)OCc4ccccc4)[C@@](C)([C@H](C)C(C)C)CC[C@]23C)[C@H]1OC[C@@](C)(NS(=O)(=O)c1ccc(C)cc1)C(C)(C)C. The van der Waals surface area contributed by atoms with Gasteiger partial charge < -0.3 is 18.9 Å². The summed E-state index contributed by atoms with van der Waals surface area (Å²) in [5, 5.41) is 0. The highest BCUT2D eigenvalue weighted by Gasteiger charge is 2.72. The second-order valence-electron chi connectivity index (χ2n) is 22.8. The number of carbonyl (C=O) groups is 1. The number of methoxy groups -OCH3 is 1. The highest BCUT2D eigenvalue weighted by atomic mass is 32.2. The molecule has 1 N–H and O–H groups in total. The summed E-state index contributed by atoms with van der Waals surface area (Å²) in [6, 6.07) is 17.1. The van der Waals surface area contributed by atoms with Gasteiger partial charge in [-0.1, -0.05) is 129 Å². The van der Waals surface area contributed by atoms with E-state index in [9.17, 15) is 13.2 Å². The summed E-state index contributed by atoms with van der Waals surface area (Å²) >= 11 is 0. The van der Waals surface area contributed by atoms with E-state index >= 15 is 0 Å². The molecule has 0 spiro atoms. The van der Waals surface area contributed by atoms with Crippen LogP contribution in [0.3, 0.4) is 0 Å². The molecule has 7 rings (SSSR count). The molecule has 4 aliphatic carbocycles. The fraction of sp³-hybridized carbons (Fsp3) is 0.712. The fourth-order valence-electron chi connectivity index (χ4n) is 13.6. The van der Waals surface area contributed by atoms with Gasteiger partial charge >= 0.3 is 5.97 Å². The number of hydrogen-bond donors (Lipinski definition) is 1. The van der Waals surface area contributed by atoms with Crippen molar-refractivity contribution < 1.29 is 32.2 Å². The first-order valence-electron chi connectivity index (χ1n) is 23.2. The molecule has 2 aromatic rings. The average Bonchev–Trinajstić information content (AvgIpc) is 3.19. The third-order valence-electron chi connectivity index (χ3n) is 18.5. The largest absolute Gasteiger partial charge is 0.461 e. The third kappa shape index (κ3) is 7.50. The van der Waals surface area contributed by atoms with Gasteiger partial charge in [0.05, 0.1) is 48.4 Å². The molecule has 4 fully saturated rings. The Morgan fingerprint density at radius 1 is 0.918 bits per heavy atom. The van der Waals surface area contributed by atoms with Gasteiger partial charge in [-0.3, -0.25) is 4.79 Å². The van der Waals surface area contributed by atoms with Gasteiger partial charge in [0.2, 0.25) is 10.0 Å². The minimum absolute atomic E-state index is 0.0509. The summed E-state index contributed by atoms with van der Waals surface area (Å²) in [7, 11) is -2.04. The monoisotopic (exact) mass is 860 g/mol. The van der Waals surface area contributed by atoms with E-state index in [-0.39, 0.29) is 69.3 Å². The first-order chi connectivity index (χ1) is 28.4. The minimum Gasteiger partial charge on any atom is -0.461 e. The maximum absolute atomic E-state index is 14.9. The van der Waals surface area contributed by atoms with E-state index in [4.69, 9.17) is 18.9 Å². The Morgan fingerprint density at radius 3 is 2.21 bits per heavy atom. The number of fused-ring (bicyclic) bond motifs is 3. The van der Waals surface area contributed by atoms with E-state index < -0.39 is 21.0 Å². The Kier molecular flexibility index (Phi) is 12.3. The number of allylic oxidation sites excluding steroid dienone is 1. The first-order valence-corrected chi connectivity index (χ1v) is 24.6. The van der Waals surface area contributed by atoms with Crippen molar-refractivity contribution in [3.05, 3.63) is 77.4 Å². The van der Waals surface area contributed by atoms with Crippen LogP contribution in [0.15, 0.2) is 71.1 Å². The van der Waals surface area contributed by atoms with Gasteiger partial charge in [0, 0.05) is 17.9 Å². The van der Waals surface area contributed by atoms with Crippen LogP contribution in [0.5, 0.6) is 0 Å². The Labute approximate surface area is 368 Å². The Morgan fingerprint density at radius 2 is 1.59 bits per heavy atom. The van der Waals surface area contributed by atoms with Crippen LogP contribution in [0.25, 0.3) is 0 Å². The van der Waals surface area contributed by atoms with Gasteiger partial charge in [-0.15, -0.1) is 0 Å². The summed E-state index contributed by atoms with van der Waals surface area (Å²) in [5.41, 5.74) is 0.877. The molecule has 3 saturated carbocycles. The second kappa shape index (κ2) is 16.2. The van der Waals surface area contributed by atoms with Crippen molar-refractivity contribution >= 4 is 16.0 Å². The van der Waals surface area contributed by atoms with E-state index in [1.807, 2.05) is 56.3 Å². The lowest BCUT2D eigenvalue weighted by Crippen LogP contribution is -2.70. The summed E-state index contributed by atoms with van der Waals surface area (Å²) in [6.07, 6.45) is 7.74. The second-order valence-corrected chi connectivity index (χ2v) is 24.5. The Balaban J connectivity index is 1.21. The zero-order valence-electron chi connectivity index (χ0n) is 39.7. The van der Waals surface area contributed by atoms with Crippen molar-refractivity contribution in [1.29, 1.82) is 0 Å². The van der Waals surface area contributed by atoms with Crippen molar-refractivity contribution in [3.63, 3.8) is 0 Å². The number of hydrogen-bond acceptors (Lipinski definition) is 7. The maximum Gasteiger partial charge on any atom is 0.310 e. The predicted molar refractivity (Wildman–Crippen MR) is 242 cm³/mol. The minimum atomic E-state index is -3.84. The smallest absolute Gasteiger partial charge is 0.310 e. The van der Waals surface area contributed by atoms with Crippen LogP contribution in [0, 0.1) is 69.0 Å². The molecule has 5 aliphatic rings. The molecule has 9 heteroatoms. The van der Waals surface area contributed by atoms with Crippen molar-refractivity contribution in [2.75, 3.05) is 26.9 Å². The number of sulfonamides is 1. The zero-order valence-corrected chi connectivity index (χ0v) is 40.5. The van der Waals surface area contributed by atoms with Gasteiger partial charge in [0.15, 0.2) is 0 Å². The van der Waals surface area contributed by atoms with E-state index in [2.05, 4.69) is 80.0 Å².